The third-order valence-electron chi connectivity index (χ3n) is 3.99. The summed E-state index contributed by atoms with van der Waals surface area (Å²) in [6.07, 6.45) is 3.29. The van der Waals surface area contributed by atoms with Gasteiger partial charge < -0.3 is 4.74 Å². The summed E-state index contributed by atoms with van der Waals surface area (Å²) in [5, 5.41) is 4.47. The Bertz CT molecular complexity index is 602. The number of ether oxygens (including phenoxy) is 1. The number of rotatable bonds is 4. The summed E-state index contributed by atoms with van der Waals surface area (Å²) in [7, 11) is 1.71. The van der Waals surface area contributed by atoms with Crippen molar-refractivity contribution >= 4 is 0 Å². The largest absolute Gasteiger partial charge is 0.384 e. The first-order valence-corrected chi connectivity index (χ1v) is 6.84. The fourth-order valence-corrected chi connectivity index (χ4v) is 2.83. The van der Waals surface area contributed by atoms with Crippen molar-refractivity contribution in [3.63, 3.8) is 0 Å². The summed E-state index contributed by atoms with van der Waals surface area (Å²) in [5.74, 6) is 1.41. The first-order chi connectivity index (χ1) is 9.64. The highest BCUT2D eigenvalue weighted by atomic mass is 19.1. The van der Waals surface area contributed by atoms with Gasteiger partial charge in [-0.3, -0.25) is 0 Å². The average Bonchev–Trinajstić information content (AvgIpc) is 2.77. The van der Waals surface area contributed by atoms with Gasteiger partial charge >= 0.3 is 0 Å². The Hall–Kier alpha value is -1.75. The van der Waals surface area contributed by atoms with Crippen LogP contribution in [0.2, 0.25) is 0 Å². The van der Waals surface area contributed by atoms with E-state index in [9.17, 15) is 4.39 Å². The first kappa shape index (κ1) is 13.2. The zero-order valence-corrected chi connectivity index (χ0v) is 11.8. The molecule has 5 heteroatoms. The van der Waals surface area contributed by atoms with E-state index in [0.29, 0.717) is 6.61 Å². The predicted molar refractivity (Wildman–Crippen MR) is 73.5 cm³/mol. The minimum atomic E-state index is -0.248. The second-order valence-corrected chi connectivity index (χ2v) is 5.44. The Balaban J connectivity index is 2.06. The Morgan fingerprint density at radius 3 is 2.55 bits per heavy atom. The van der Waals surface area contributed by atoms with Gasteiger partial charge in [0.2, 0.25) is 0 Å². The molecule has 0 spiro atoms. The molecule has 1 aromatic heterocycles. The lowest BCUT2D eigenvalue weighted by Crippen LogP contribution is -2.41. The van der Waals surface area contributed by atoms with Gasteiger partial charge in [-0.1, -0.05) is 6.42 Å². The average molecular weight is 275 g/mol. The van der Waals surface area contributed by atoms with Crippen LogP contribution in [0.25, 0.3) is 5.69 Å². The Labute approximate surface area is 117 Å². The van der Waals surface area contributed by atoms with E-state index >= 15 is 0 Å². The summed E-state index contributed by atoms with van der Waals surface area (Å²) >= 11 is 0. The molecule has 1 aliphatic carbocycles. The zero-order chi connectivity index (χ0) is 14.2. The lowest BCUT2D eigenvalue weighted by Gasteiger charge is -2.40. The molecule has 20 heavy (non-hydrogen) atoms. The van der Waals surface area contributed by atoms with Gasteiger partial charge in [-0.2, -0.15) is 5.10 Å². The highest BCUT2D eigenvalue weighted by Gasteiger charge is 2.43. The minimum Gasteiger partial charge on any atom is -0.384 e. The summed E-state index contributed by atoms with van der Waals surface area (Å²) in [6.45, 7) is 2.52. The van der Waals surface area contributed by atoms with Crippen LogP contribution >= 0.6 is 0 Å². The molecule has 0 radical (unpaired) electrons. The molecule has 3 rings (SSSR count). The fourth-order valence-electron chi connectivity index (χ4n) is 2.83. The van der Waals surface area contributed by atoms with E-state index in [1.54, 1.807) is 19.2 Å². The Kier molecular flexibility index (Phi) is 3.30. The van der Waals surface area contributed by atoms with Crippen molar-refractivity contribution in [2.45, 2.75) is 31.6 Å². The van der Waals surface area contributed by atoms with Crippen LogP contribution in [-0.4, -0.2) is 28.5 Å². The molecule has 0 unspecified atom stereocenters. The van der Waals surface area contributed by atoms with E-state index in [0.717, 1.165) is 30.2 Å². The van der Waals surface area contributed by atoms with Crippen LogP contribution in [0.1, 0.15) is 30.9 Å². The minimum absolute atomic E-state index is 0.0512. The van der Waals surface area contributed by atoms with Crippen molar-refractivity contribution < 1.29 is 9.13 Å². The molecule has 0 bridgehead atoms. The maximum absolute atomic E-state index is 13.1. The molecular weight excluding hydrogens is 257 g/mol. The second-order valence-electron chi connectivity index (χ2n) is 5.44. The highest BCUT2D eigenvalue weighted by molar-refractivity contribution is 5.34. The van der Waals surface area contributed by atoms with Crippen LogP contribution in [0.15, 0.2) is 24.3 Å². The number of nitrogens with zero attached hydrogens (tertiary/aromatic N) is 3. The number of hydrogen-bond acceptors (Lipinski definition) is 3. The van der Waals surface area contributed by atoms with Crippen molar-refractivity contribution in [1.82, 2.24) is 14.8 Å². The maximum Gasteiger partial charge on any atom is 0.148 e. The van der Waals surface area contributed by atoms with Gasteiger partial charge in [-0.05, 0) is 44.0 Å². The number of aryl methyl sites for hydroxylation is 1. The molecule has 0 saturated heterocycles. The standard InChI is InChI=1S/C15H18FN3O/c1-11-17-14(15(10-20-2)8-3-9-15)19(18-11)13-6-4-12(16)5-7-13/h4-7H,3,8-10H2,1-2H3. The quantitative estimate of drug-likeness (QED) is 0.861. The zero-order valence-electron chi connectivity index (χ0n) is 11.8. The Morgan fingerprint density at radius 2 is 2.00 bits per heavy atom. The molecule has 0 atom stereocenters. The summed E-state index contributed by atoms with van der Waals surface area (Å²) < 4.78 is 20.3. The van der Waals surface area contributed by atoms with Gasteiger partial charge in [0.1, 0.15) is 17.5 Å². The lowest BCUT2D eigenvalue weighted by molar-refractivity contribution is 0.0716. The number of benzene rings is 1. The van der Waals surface area contributed by atoms with Gasteiger partial charge in [0.15, 0.2) is 0 Å². The number of hydrogen-bond donors (Lipinski definition) is 0. The molecule has 2 aromatic rings. The van der Waals surface area contributed by atoms with Crippen molar-refractivity contribution in [3.05, 3.63) is 41.7 Å². The van der Waals surface area contributed by atoms with E-state index in [-0.39, 0.29) is 11.2 Å². The number of aromatic nitrogens is 3. The van der Waals surface area contributed by atoms with Crippen LogP contribution in [0.5, 0.6) is 0 Å². The smallest absolute Gasteiger partial charge is 0.148 e. The van der Waals surface area contributed by atoms with Crippen LogP contribution < -0.4 is 0 Å². The van der Waals surface area contributed by atoms with Crippen molar-refractivity contribution in [1.29, 1.82) is 0 Å². The van der Waals surface area contributed by atoms with Crippen LogP contribution in [-0.2, 0) is 10.2 Å². The van der Waals surface area contributed by atoms with Gasteiger partial charge in [-0.15, -0.1) is 0 Å². The summed E-state index contributed by atoms with van der Waals surface area (Å²) in [4.78, 5) is 4.60. The maximum atomic E-state index is 13.1. The van der Waals surface area contributed by atoms with E-state index in [2.05, 4.69) is 10.1 Å². The van der Waals surface area contributed by atoms with Crippen molar-refractivity contribution in [2.75, 3.05) is 13.7 Å². The van der Waals surface area contributed by atoms with Crippen molar-refractivity contribution in [3.8, 4) is 5.69 Å². The Morgan fingerprint density at radius 1 is 1.30 bits per heavy atom. The van der Waals surface area contributed by atoms with Crippen LogP contribution in [0, 0.1) is 12.7 Å². The number of halogens is 1. The van der Waals surface area contributed by atoms with E-state index in [1.165, 1.54) is 18.6 Å². The van der Waals surface area contributed by atoms with Crippen LogP contribution in [0.3, 0.4) is 0 Å². The lowest BCUT2D eigenvalue weighted by atomic mass is 9.68. The number of methoxy groups -OCH3 is 1. The molecule has 106 valence electrons. The van der Waals surface area contributed by atoms with E-state index in [1.807, 2.05) is 11.6 Å². The second kappa shape index (κ2) is 4.98. The van der Waals surface area contributed by atoms with Crippen molar-refractivity contribution in [2.24, 2.45) is 0 Å². The molecule has 4 nitrogen and oxygen atoms in total. The molecule has 0 N–H and O–H groups in total. The third kappa shape index (κ3) is 2.12. The van der Waals surface area contributed by atoms with Gasteiger partial charge in [0, 0.05) is 7.11 Å². The molecule has 1 aliphatic rings. The highest BCUT2D eigenvalue weighted by Crippen LogP contribution is 2.43. The molecular formula is C15H18FN3O. The SMILES string of the molecule is COCC1(c2nc(C)nn2-c2ccc(F)cc2)CCC1. The first-order valence-electron chi connectivity index (χ1n) is 6.84. The fraction of sp³-hybridized carbons (Fsp3) is 0.467. The molecule has 1 heterocycles. The van der Waals surface area contributed by atoms with Crippen LogP contribution in [0.4, 0.5) is 4.39 Å². The molecule has 1 aromatic carbocycles. The monoisotopic (exact) mass is 275 g/mol. The molecule has 1 saturated carbocycles. The molecule has 1 fully saturated rings. The molecule has 0 amide bonds. The molecule has 0 aliphatic heterocycles. The normalized spacial score (nSPS) is 16.9. The summed E-state index contributed by atoms with van der Waals surface area (Å²) in [5.41, 5.74) is 0.786. The van der Waals surface area contributed by atoms with Gasteiger partial charge in [-0.25, -0.2) is 14.1 Å². The van der Waals surface area contributed by atoms with E-state index < -0.39 is 0 Å². The summed E-state index contributed by atoms with van der Waals surface area (Å²) in [6, 6.07) is 6.35. The topological polar surface area (TPSA) is 39.9 Å². The predicted octanol–water partition coefficient (Wildman–Crippen LogP) is 2.78. The van der Waals surface area contributed by atoms with Gasteiger partial charge in [0.05, 0.1) is 17.7 Å². The third-order valence-corrected chi connectivity index (χ3v) is 3.99. The van der Waals surface area contributed by atoms with Gasteiger partial charge in [0.25, 0.3) is 0 Å². The van der Waals surface area contributed by atoms with E-state index in [4.69, 9.17) is 4.74 Å².